The summed E-state index contributed by atoms with van der Waals surface area (Å²) < 4.78 is 43.3. The number of aromatic nitrogens is 1. The molecule has 8 heteroatoms. The minimum atomic E-state index is -4.53. The Bertz CT molecular complexity index is 502. The van der Waals surface area contributed by atoms with Gasteiger partial charge >= 0.3 is 6.18 Å². The Balaban J connectivity index is 2.20. The number of nitrogen functional groups attached to an aromatic ring is 1. The lowest BCUT2D eigenvalue weighted by atomic mass is 9.93. The molecule has 2 heterocycles. The molecule has 1 saturated heterocycles. The van der Waals surface area contributed by atoms with Gasteiger partial charge in [-0.1, -0.05) is 0 Å². The number of likely N-dealkylation sites (N-methyl/N-ethyl adjacent to an activating group) is 1. The highest BCUT2D eigenvalue weighted by atomic mass is 19.4. The van der Waals surface area contributed by atoms with Crippen LogP contribution in [0.15, 0.2) is 12.3 Å². The van der Waals surface area contributed by atoms with E-state index < -0.39 is 17.5 Å². The molecule has 1 aromatic heterocycles. The molecule has 0 atom stereocenters. The fourth-order valence-electron chi connectivity index (χ4n) is 2.38. The summed E-state index contributed by atoms with van der Waals surface area (Å²) in [6.07, 6.45) is -2.66. The molecule has 0 aromatic carbocycles. The summed E-state index contributed by atoms with van der Waals surface area (Å²) in [6.45, 7) is 1.05. The van der Waals surface area contributed by atoms with Gasteiger partial charge in [-0.05, 0) is 6.07 Å². The summed E-state index contributed by atoms with van der Waals surface area (Å²) in [5.74, 6) is 0. The third kappa shape index (κ3) is 3.76. The third-order valence-electron chi connectivity index (χ3n) is 3.57. The lowest BCUT2D eigenvalue weighted by molar-refractivity contribution is -0.141. The van der Waals surface area contributed by atoms with Crippen LogP contribution in [0, 0.1) is 0 Å². The number of nitrogens with zero attached hydrogens (tertiary/aromatic N) is 2. The molecule has 5 nitrogen and oxygen atoms in total. The van der Waals surface area contributed by atoms with Crippen LogP contribution in [0.2, 0.25) is 0 Å². The summed E-state index contributed by atoms with van der Waals surface area (Å²) in [4.78, 5) is 4.82. The Morgan fingerprint density at radius 2 is 2.05 bits per heavy atom. The van der Waals surface area contributed by atoms with Gasteiger partial charge in [-0.25, -0.2) is 4.98 Å². The fraction of sp³-hybridized carbons (Fsp3) is 0.615. The van der Waals surface area contributed by atoms with E-state index in [1.165, 1.54) is 4.90 Å². The molecule has 1 aliphatic rings. The normalized spacial score (nSPS) is 18.5. The van der Waals surface area contributed by atoms with Crippen LogP contribution < -0.4 is 10.6 Å². The zero-order valence-electron chi connectivity index (χ0n) is 11.7. The first-order valence-corrected chi connectivity index (χ1v) is 6.55. The maximum atomic E-state index is 12.7. The maximum absolute atomic E-state index is 12.7. The number of ether oxygens (including phenoxy) is 1. The van der Waals surface area contributed by atoms with Crippen LogP contribution in [0.4, 0.5) is 24.5 Å². The molecule has 1 fully saturated rings. The second kappa shape index (κ2) is 5.69. The highest BCUT2D eigenvalue weighted by molar-refractivity contribution is 5.66. The molecule has 0 aliphatic carbocycles. The molecule has 0 unspecified atom stereocenters. The number of halogens is 3. The van der Waals surface area contributed by atoms with E-state index in [4.69, 9.17) is 10.5 Å². The van der Waals surface area contributed by atoms with E-state index >= 15 is 0 Å². The maximum Gasteiger partial charge on any atom is 0.433 e. The molecule has 0 spiro atoms. The van der Waals surface area contributed by atoms with E-state index in [9.17, 15) is 18.3 Å². The predicted octanol–water partition coefficient (Wildman–Crippen LogP) is 1.66. The molecule has 0 radical (unpaired) electrons. The van der Waals surface area contributed by atoms with Crippen LogP contribution >= 0.6 is 0 Å². The molecule has 118 valence electrons. The van der Waals surface area contributed by atoms with Gasteiger partial charge in [0.15, 0.2) is 0 Å². The van der Waals surface area contributed by atoms with Crippen molar-refractivity contribution in [3.05, 3.63) is 18.0 Å². The first kappa shape index (κ1) is 15.8. The van der Waals surface area contributed by atoms with Crippen molar-refractivity contribution in [2.45, 2.75) is 24.6 Å². The van der Waals surface area contributed by atoms with Crippen LogP contribution in [0.1, 0.15) is 18.5 Å². The summed E-state index contributed by atoms with van der Waals surface area (Å²) in [6, 6.07) is 0.901. The SMILES string of the molecule is CN(CC1(O)CCOCC1)c1cc(C(F)(F)F)ncc1N. The molecule has 0 bridgehead atoms. The molecular formula is C13H18F3N3O2. The van der Waals surface area contributed by atoms with Gasteiger partial charge in [0.05, 0.1) is 23.2 Å². The number of hydrogen-bond acceptors (Lipinski definition) is 5. The number of anilines is 2. The monoisotopic (exact) mass is 305 g/mol. The first-order chi connectivity index (χ1) is 9.71. The second-order valence-electron chi connectivity index (χ2n) is 5.32. The number of alkyl halides is 3. The van der Waals surface area contributed by atoms with E-state index in [-0.39, 0.29) is 17.9 Å². The van der Waals surface area contributed by atoms with Crippen molar-refractivity contribution >= 4 is 11.4 Å². The molecule has 3 N–H and O–H groups in total. The lowest BCUT2D eigenvalue weighted by Gasteiger charge is -2.36. The lowest BCUT2D eigenvalue weighted by Crippen LogP contribution is -2.46. The molecular weight excluding hydrogens is 287 g/mol. The van der Waals surface area contributed by atoms with Gasteiger partial charge in [-0.15, -0.1) is 0 Å². The molecule has 2 rings (SSSR count). The van der Waals surface area contributed by atoms with Crippen LogP contribution in [0.5, 0.6) is 0 Å². The highest BCUT2D eigenvalue weighted by Crippen LogP contribution is 2.33. The van der Waals surface area contributed by atoms with Crippen molar-refractivity contribution in [3.63, 3.8) is 0 Å². The Labute approximate surface area is 120 Å². The number of rotatable bonds is 3. The van der Waals surface area contributed by atoms with Gasteiger partial charge in [0, 0.05) is 39.6 Å². The first-order valence-electron chi connectivity index (χ1n) is 6.55. The second-order valence-corrected chi connectivity index (χ2v) is 5.32. The molecule has 0 amide bonds. The Morgan fingerprint density at radius 1 is 1.43 bits per heavy atom. The molecule has 1 aliphatic heterocycles. The highest BCUT2D eigenvalue weighted by Gasteiger charge is 2.35. The fourth-order valence-corrected chi connectivity index (χ4v) is 2.38. The van der Waals surface area contributed by atoms with E-state index in [1.807, 2.05) is 0 Å². The Kier molecular flexibility index (Phi) is 4.29. The van der Waals surface area contributed by atoms with Gasteiger partial charge in [0.1, 0.15) is 5.69 Å². The summed E-state index contributed by atoms with van der Waals surface area (Å²) in [5, 5.41) is 10.4. The summed E-state index contributed by atoms with van der Waals surface area (Å²) >= 11 is 0. The Morgan fingerprint density at radius 3 is 2.62 bits per heavy atom. The molecule has 21 heavy (non-hydrogen) atoms. The average Bonchev–Trinajstić information content (AvgIpc) is 2.38. The topological polar surface area (TPSA) is 71.6 Å². The number of nitrogens with two attached hydrogens (primary N) is 1. The van der Waals surface area contributed by atoms with Crippen molar-refractivity contribution < 1.29 is 23.0 Å². The van der Waals surface area contributed by atoms with Crippen molar-refractivity contribution in [3.8, 4) is 0 Å². The van der Waals surface area contributed by atoms with Crippen molar-refractivity contribution in [2.75, 3.05) is 37.4 Å². The summed E-state index contributed by atoms with van der Waals surface area (Å²) in [5.41, 5.74) is 4.06. The summed E-state index contributed by atoms with van der Waals surface area (Å²) in [7, 11) is 1.60. The minimum Gasteiger partial charge on any atom is -0.396 e. The van der Waals surface area contributed by atoms with Crippen molar-refractivity contribution in [2.24, 2.45) is 0 Å². The van der Waals surface area contributed by atoms with Gasteiger partial charge in [0.2, 0.25) is 0 Å². The quantitative estimate of drug-likeness (QED) is 0.888. The molecule has 1 aromatic rings. The zero-order chi connectivity index (χ0) is 15.7. The van der Waals surface area contributed by atoms with E-state index in [0.29, 0.717) is 26.1 Å². The molecule has 0 saturated carbocycles. The van der Waals surface area contributed by atoms with Crippen LogP contribution in [0.3, 0.4) is 0 Å². The zero-order valence-corrected chi connectivity index (χ0v) is 11.7. The van der Waals surface area contributed by atoms with Crippen molar-refractivity contribution in [1.29, 1.82) is 0 Å². The van der Waals surface area contributed by atoms with Gasteiger partial charge in [-0.3, -0.25) is 0 Å². The largest absolute Gasteiger partial charge is 0.433 e. The standard InChI is InChI=1S/C13H18F3N3O2/c1-19(8-12(20)2-4-21-5-3-12)10-6-11(13(14,15)16)18-7-9(10)17/h6-7,20H,2-5,8,17H2,1H3. The van der Waals surface area contributed by atoms with Gasteiger partial charge in [-0.2, -0.15) is 13.2 Å². The minimum absolute atomic E-state index is 0.140. The average molecular weight is 305 g/mol. The van der Waals surface area contributed by atoms with Crippen LogP contribution in [-0.4, -0.2) is 42.5 Å². The van der Waals surface area contributed by atoms with E-state index in [0.717, 1.165) is 12.3 Å². The van der Waals surface area contributed by atoms with E-state index in [1.54, 1.807) is 7.05 Å². The Hall–Kier alpha value is -1.54. The van der Waals surface area contributed by atoms with Gasteiger partial charge < -0.3 is 20.5 Å². The third-order valence-corrected chi connectivity index (χ3v) is 3.57. The van der Waals surface area contributed by atoms with Crippen LogP contribution in [-0.2, 0) is 10.9 Å². The van der Waals surface area contributed by atoms with Crippen molar-refractivity contribution in [1.82, 2.24) is 4.98 Å². The van der Waals surface area contributed by atoms with Crippen LogP contribution in [0.25, 0.3) is 0 Å². The number of aliphatic hydroxyl groups is 1. The van der Waals surface area contributed by atoms with Gasteiger partial charge in [0.25, 0.3) is 0 Å². The number of pyridine rings is 1. The van der Waals surface area contributed by atoms with E-state index in [2.05, 4.69) is 4.98 Å². The number of hydrogen-bond donors (Lipinski definition) is 2. The smallest absolute Gasteiger partial charge is 0.396 e. The predicted molar refractivity (Wildman–Crippen MR) is 71.9 cm³/mol.